The molecule has 0 radical (unpaired) electrons. The van der Waals surface area contributed by atoms with Crippen molar-refractivity contribution in [3.05, 3.63) is 21.9 Å². The van der Waals surface area contributed by atoms with E-state index in [2.05, 4.69) is 51.8 Å². The summed E-state index contributed by atoms with van der Waals surface area (Å²) in [6.07, 6.45) is 0. The van der Waals surface area contributed by atoms with E-state index in [9.17, 15) is 0 Å². The lowest BCUT2D eigenvalue weighted by Crippen LogP contribution is -2.36. The fourth-order valence-corrected chi connectivity index (χ4v) is 3.06. The molecule has 0 saturated heterocycles. The number of thiophene rings is 1. The summed E-state index contributed by atoms with van der Waals surface area (Å²) < 4.78 is 0. The van der Waals surface area contributed by atoms with E-state index in [1.54, 1.807) is 0 Å². The van der Waals surface area contributed by atoms with Crippen molar-refractivity contribution in [2.24, 2.45) is 11.1 Å². The van der Waals surface area contributed by atoms with Gasteiger partial charge in [0.2, 0.25) is 0 Å². The molecule has 2 N–H and O–H groups in total. The van der Waals surface area contributed by atoms with Crippen LogP contribution in [0.1, 0.15) is 36.6 Å². The molecule has 92 valence electrons. The minimum absolute atomic E-state index is 0.314. The molecule has 1 unspecified atom stereocenters. The van der Waals surface area contributed by atoms with Gasteiger partial charge in [-0.1, -0.05) is 20.8 Å². The summed E-state index contributed by atoms with van der Waals surface area (Å²) in [7, 11) is 2.16. The SMILES string of the molecule is Cc1ccc(C(CN)N(C)CC(C)(C)C)s1. The van der Waals surface area contributed by atoms with E-state index in [0.29, 0.717) is 18.0 Å². The largest absolute Gasteiger partial charge is 0.329 e. The van der Waals surface area contributed by atoms with Gasteiger partial charge in [0, 0.05) is 22.8 Å². The van der Waals surface area contributed by atoms with Gasteiger partial charge in [-0.05, 0) is 31.5 Å². The third kappa shape index (κ3) is 3.89. The van der Waals surface area contributed by atoms with Crippen molar-refractivity contribution in [3.8, 4) is 0 Å². The van der Waals surface area contributed by atoms with E-state index in [-0.39, 0.29) is 0 Å². The summed E-state index contributed by atoms with van der Waals surface area (Å²) in [6, 6.07) is 4.74. The molecule has 1 aromatic heterocycles. The van der Waals surface area contributed by atoms with Crippen molar-refractivity contribution in [1.82, 2.24) is 4.90 Å². The molecule has 1 aromatic rings. The minimum Gasteiger partial charge on any atom is -0.329 e. The zero-order chi connectivity index (χ0) is 12.3. The van der Waals surface area contributed by atoms with Crippen LogP contribution in [-0.4, -0.2) is 25.0 Å². The molecule has 0 aliphatic carbocycles. The fraction of sp³-hybridized carbons (Fsp3) is 0.692. The molecule has 0 aliphatic heterocycles. The van der Waals surface area contributed by atoms with E-state index >= 15 is 0 Å². The summed E-state index contributed by atoms with van der Waals surface area (Å²) in [5, 5.41) is 0. The van der Waals surface area contributed by atoms with E-state index in [0.717, 1.165) is 6.54 Å². The summed E-state index contributed by atoms with van der Waals surface area (Å²) in [4.78, 5) is 5.11. The summed E-state index contributed by atoms with van der Waals surface area (Å²) >= 11 is 1.85. The van der Waals surface area contributed by atoms with Crippen LogP contribution in [0.2, 0.25) is 0 Å². The Kier molecular flexibility index (Phi) is 4.53. The lowest BCUT2D eigenvalue weighted by atomic mass is 9.95. The van der Waals surface area contributed by atoms with Gasteiger partial charge in [0.05, 0.1) is 6.04 Å². The second kappa shape index (κ2) is 5.30. The molecule has 1 rings (SSSR count). The second-order valence-corrected chi connectivity index (χ2v) is 7.00. The van der Waals surface area contributed by atoms with Crippen LogP contribution in [-0.2, 0) is 0 Å². The number of nitrogens with two attached hydrogens (primary N) is 1. The van der Waals surface area contributed by atoms with E-state index in [1.165, 1.54) is 9.75 Å². The molecular weight excluding hydrogens is 216 g/mol. The van der Waals surface area contributed by atoms with Gasteiger partial charge in [-0.3, -0.25) is 4.90 Å². The molecular formula is C13H24N2S. The maximum Gasteiger partial charge on any atom is 0.0562 e. The van der Waals surface area contributed by atoms with Crippen molar-refractivity contribution < 1.29 is 0 Å². The highest BCUT2D eigenvalue weighted by atomic mass is 32.1. The van der Waals surface area contributed by atoms with E-state index < -0.39 is 0 Å². The Labute approximate surface area is 103 Å². The molecule has 0 fully saturated rings. The molecule has 16 heavy (non-hydrogen) atoms. The van der Waals surface area contributed by atoms with Gasteiger partial charge in [-0.15, -0.1) is 11.3 Å². The van der Waals surface area contributed by atoms with Gasteiger partial charge in [-0.2, -0.15) is 0 Å². The highest BCUT2D eigenvalue weighted by molar-refractivity contribution is 7.12. The number of likely N-dealkylation sites (N-methyl/N-ethyl adjacent to an activating group) is 1. The normalized spacial score (nSPS) is 14.4. The Morgan fingerprint density at radius 1 is 1.38 bits per heavy atom. The molecule has 0 aliphatic rings. The molecule has 2 nitrogen and oxygen atoms in total. The molecule has 1 heterocycles. The topological polar surface area (TPSA) is 29.3 Å². The summed E-state index contributed by atoms with van der Waals surface area (Å²) in [5.41, 5.74) is 6.21. The summed E-state index contributed by atoms with van der Waals surface area (Å²) in [5.74, 6) is 0. The third-order valence-electron chi connectivity index (χ3n) is 2.57. The standard InChI is InChI=1S/C13H24N2S/c1-10-6-7-12(16-10)11(8-14)15(5)9-13(2,3)4/h6-7,11H,8-9,14H2,1-5H3. The quantitative estimate of drug-likeness (QED) is 0.876. The molecule has 0 spiro atoms. The second-order valence-electron chi connectivity index (χ2n) is 5.68. The molecule has 3 heteroatoms. The van der Waals surface area contributed by atoms with Crippen molar-refractivity contribution in [2.75, 3.05) is 20.1 Å². The van der Waals surface area contributed by atoms with Gasteiger partial charge >= 0.3 is 0 Å². The predicted octanol–water partition coefficient (Wildman–Crippen LogP) is 3.03. The number of hydrogen-bond acceptors (Lipinski definition) is 3. The first kappa shape index (κ1) is 13.7. The zero-order valence-electron chi connectivity index (χ0n) is 11.1. The van der Waals surface area contributed by atoms with Gasteiger partial charge in [0.25, 0.3) is 0 Å². The highest BCUT2D eigenvalue weighted by Gasteiger charge is 2.21. The van der Waals surface area contributed by atoms with Crippen molar-refractivity contribution in [1.29, 1.82) is 0 Å². The average molecular weight is 240 g/mol. The van der Waals surface area contributed by atoms with Crippen LogP contribution in [0.25, 0.3) is 0 Å². The lowest BCUT2D eigenvalue weighted by Gasteiger charge is -2.32. The van der Waals surface area contributed by atoms with Crippen LogP contribution < -0.4 is 5.73 Å². The van der Waals surface area contributed by atoms with E-state index in [1.807, 2.05) is 11.3 Å². The summed E-state index contributed by atoms with van der Waals surface area (Å²) in [6.45, 7) is 10.7. The van der Waals surface area contributed by atoms with E-state index in [4.69, 9.17) is 5.73 Å². The Morgan fingerprint density at radius 3 is 2.38 bits per heavy atom. The van der Waals surface area contributed by atoms with Crippen molar-refractivity contribution in [3.63, 3.8) is 0 Å². The van der Waals surface area contributed by atoms with Gasteiger partial charge in [0.1, 0.15) is 0 Å². The number of nitrogens with zero attached hydrogens (tertiary/aromatic N) is 1. The molecule has 0 amide bonds. The van der Waals surface area contributed by atoms with Gasteiger partial charge < -0.3 is 5.73 Å². The smallest absolute Gasteiger partial charge is 0.0562 e. The van der Waals surface area contributed by atoms with Gasteiger partial charge in [0.15, 0.2) is 0 Å². The monoisotopic (exact) mass is 240 g/mol. The Balaban J connectivity index is 2.74. The molecule has 1 atom stereocenters. The third-order valence-corrected chi connectivity index (χ3v) is 3.67. The first-order chi connectivity index (χ1) is 7.33. The molecule has 0 aromatic carbocycles. The number of hydrogen-bond donors (Lipinski definition) is 1. The predicted molar refractivity (Wildman–Crippen MR) is 72.9 cm³/mol. The van der Waals surface area contributed by atoms with Crippen LogP contribution in [0.4, 0.5) is 0 Å². The number of rotatable bonds is 4. The molecule has 0 saturated carbocycles. The Hall–Kier alpha value is -0.380. The molecule has 0 bridgehead atoms. The van der Waals surface area contributed by atoms with Crippen LogP contribution in [0, 0.1) is 12.3 Å². The highest BCUT2D eigenvalue weighted by Crippen LogP contribution is 2.28. The van der Waals surface area contributed by atoms with Crippen LogP contribution in [0.5, 0.6) is 0 Å². The van der Waals surface area contributed by atoms with Crippen LogP contribution >= 0.6 is 11.3 Å². The fourth-order valence-electron chi connectivity index (χ4n) is 2.00. The maximum absolute atomic E-state index is 5.90. The van der Waals surface area contributed by atoms with Crippen LogP contribution in [0.15, 0.2) is 12.1 Å². The first-order valence-corrected chi connectivity index (χ1v) is 6.62. The van der Waals surface area contributed by atoms with Crippen molar-refractivity contribution >= 4 is 11.3 Å². The Bertz CT molecular complexity index is 325. The maximum atomic E-state index is 5.90. The zero-order valence-corrected chi connectivity index (χ0v) is 11.9. The Morgan fingerprint density at radius 2 is 2.00 bits per heavy atom. The lowest BCUT2D eigenvalue weighted by molar-refractivity contribution is 0.178. The average Bonchev–Trinajstić information content (AvgIpc) is 2.49. The minimum atomic E-state index is 0.314. The van der Waals surface area contributed by atoms with Gasteiger partial charge in [-0.25, -0.2) is 0 Å². The first-order valence-electron chi connectivity index (χ1n) is 5.80. The van der Waals surface area contributed by atoms with Crippen LogP contribution in [0.3, 0.4) is 0 Å². The number of aryl methyl sites for hydroxylation is 1. The van der Waals surface area contributed by atoms with Crippen molar-refractivity contribution in [2.45, 2.75) is 33.7 Å².